The fourth-order valence-corrected chi connectivity index (χ4v) is 2.71. The molecule has 2 N–H and O–H groups in total. The van der Waals surface area contributed by atoms with E-state index in [1.165, 1.54) is 9.80 Å². The van der Waals surface area contributed by atoms with Crippen molar-refractivity contribution in [3.05, 3.63) is 29.3 Å². The van der Waals surface area contributed by atoms with Crippen molar-refractivity contribution in [3.8, 4) is 0 Å². The van der Waals surface area contributed by atoms with E-state index in [0.717, 1.165) is 0 Å². The molecule has 8 nitrogen and oxygen atoms in total. The second-order valence-corrected chi connectivity index (χ2v) is 5.11. The zero-order chi connectivity index (χ0) is 15.9. The van der Waals surface area contributed by atoms with E-state index in [9.17, 15) is 19.2 Å². The number of urea groups is 1. The number of hydrogen-bond acceptors (Lipinski definition) is 4. The van der Waals surface area contributed by atoms with Crippen molar-refractivity contribution in [1.29, 1.82) is 0 Å². The predicted molar refractivity (Wildman–Crippen MR) is 74.3 cm³/mol. The first-order chi connectivity index (χ1) is 10.5. The topological polar surface area (TPSA) is 107 Å². The lowest BCUT2D eigenvalue weighted by Crippen LogP contribution is -2.49. The minimum atomic E-state index is -1.09. The van der Waals surface area contributed by atoms with Gasteiger partial charge in [0.2, 0.25) is 5.91 Å². The summed E-state index contributed by atoms with van der Waals surface area (Å²) >= 11 is 0. The van der Waals surface area contributed by atoms with Gasteiger partial charge in [0.15, 0.2) is 0 Å². The third-order valence-electron chi connectivity index (χ3n) is 3.69. The zero-order valence-electron chi connectivity index (χ0n) is 11.5. The number of benzene rings is 1. The highest BCUT2D eigenvalue weighted by atomic mass is 16.4. The van der Waals surface area contributed by atoms with Gasteiger partial charge in [-0.2, -0.15) is 0 Å². The van der Waals surface area contributed by atoms with Crippen LogP contribution < -0.4 is 10.2 Å². The number of rotatable bonds is 3. The van der Waals surface area contributed by atoms with Gasteiger partial charge in [-0.25, -0.2) is 4.79 Å². The molecule has 1 aromatic rings. The Morgan fingerprint density at radius 3 is 2.73 bits per heavy atom. The van der Waals surface area contributed by atoms with Gasteiger partial charge in [-0.3, -0.25) is 24.6 Å². The number of aliphatic carboxylic acids is 1. The number of imide groups is 1. The molecule has 2 aliphatic rings. The van der Waals surface area contributed by atoms with E-state index < -0.39 is 18.5 Å². The van der Waals surface area contributed by atoms with Crippen LogP contribution in [-0.4, -0.2) is 46.9 Å². The van der Waals surface area contributed by atoms with Gasteiger partial charge in [0.1, 0.15) is 6.54 Å². The second kappa shape index (κ2) is 5.14. The molecule has 3 rings (SSSR count). The Hall–Kier alpha value is -2.90. The van der Waals surface area contributed by atoms with Crippen LogP contribution in [-0.2, 0) is 16.1 Å². The summed E-state index contributed by atoms with van der Waals surface area (Å²) in [5.41, 5.74) is 1.53. The molecule has 0 radical (unpaired) electrons. The van der Waals surface area contributed by atoms with Crippen LogP contribution in [0.2, 0.25) is 0 Å². The summed E-state index contributed by atoms with van der Waals surface area (Å²) < 4.78 is 0. The number of anilines is 1. The van der Waals surface area contributed by atoms with E-state index in [4.69, 9.17) is 5.11 Å². The number of amides is 4. The van der Waals surface area contributed by atoms with Crippen LogP contribution in [0.3, 0.4) is 0 Å². The number of nitrogens with zero attached hydrogens (tertiary/aromatic N) is 2. The first kappa shape index (κ1) is 14.1. The third-order valence-corrected chi connectivity index (χ3v) is 3.69. The molecule has 114 valence electrons. The van der Waals surface area contributed by atoms with Crippen LogP contribution in [0.5, 0.6) is 0 Å². The summed E-state index contributed by atoms with van der Waals surface area (Å²) in [6, 6.07) is 4.40. The van der Waals surface area contributed by atoms with Gasteiger partial charge < -0.3 is 10.0 Å². The van der Waals surface area contributed by atoms with E-state index in [1.807, 2.05) is 0 Å². The number of carbonyl (C=O) groups excluding carboxylic acids is 3. The highest BCUT2D eigenvalue weighted by Gasteiger charge is 2.34. The van der Waals surface area contributed by atoms with E-state index in [-0.39, 0.29) is 31.3 Å². The molecule has 0 atom stereocenters. The van der Waals surface area contributed by atoms with Gasteiger partial charge in [0, 0.05) is 30.6 Å². The van der Waals surface area contributed by atoms with Crippen molar-refractivity contribution < 1.29 is 24.3 Å². The molecule has 1 saturated heterocycles. The maximum Gasteiger partial charge on any atom is 0.328 e. The van der Waals surface area contributed by atoms with Gasteiger partial charge in [-0.15, -0.1) is 0 Å². The Bertz CT molecular complexity index is 700. The molecule has 2 aliphatic heterocycles. The lowest BCUT2D eigenvalue weighted by Gasteiger charge is -2.28. The number of carbonyl (C=O) groups is 4. The maximum atomic E-state index is 12.2. The number of hydrogen-bond donors (Lipinski definition) is 2. The van der Waals surface area contributed by atoms with Gasteiger partial charge in [0.25, 0.3) is 5.91 Å². The van der Waals surface area contributed by atoms with Crippen LogP contribution in [0.15, 0.2) is 18.2 Å². The van der Waals surface area contributed by atoms with E-state index in [0.29, 0.717) is 16.8 Å². The Morgan fingerprint density at radius 2 is 2.05 bits per heavy atom. The lowest BCUT2D eigenvalue weighted by atomic mass is 10.1. The SMILES string of the molecule is O=C(O)CN1Cc2c(cccc2N2CCC(=O)NC2=O)C1=O. The number of carboxylic acid groups (broad SMARTS) is 1. The van der Waals surface area contributed by atoms with Gasteiger partial charge >= 0.3 is 12.0 Å². The largest absolute Gasteiger partial charge is 0.480 e. The average molecular weight is 303 g/mol. The summed E-state index contributed by atoms with van der Waals surface area (Å²) in [6.45, 7) is -0.0275. The molecule has 2 heterocycles. The predicted octanol–water partition coefficient (Wildman–Crippen LogP) is 0.173. The highest BCUT2D eigenvalue weighted by molar-refractivity contribution is 6.08. The first-order valence-corrected chi connectivity index (χ1v) is 6.71. The lowest BCUT2D eigenvalue weighted by molar-refractivity contribution is -0.137. The fourth-order valence-electron chi connectivity index (χ4n) is 2.71. The summed E-state index contributed by atoms with van der Waals surface area (Å²) in [5, 5.41) is 11.1. The molecule has 0 spiro atoms. The molecular weight excluding hydrogens is 290 g/mol. The average Bonchev–Trinajstić information content (AvgIpc) is 2.76. The summed E-state index contributed by atoms with van der Waals surface area (Å²) in [7, 11) is 0. The highest BCUT2D eigenvalue weighted by Crippen LogP contribution is 2.32. The van der Waals surface area contributed by atoms with Crippen molar-refractivity contribution in [2.75, 3.05) is 18.0 Å². The Kier molecular flexibility index (Phi) is 3.28. The third kappa shape index (κ3) is 2.28. The minimum absolute atomic E-state index is 0.133. The molecule has 0 saturated carbocycles. The molecule has 4 amide bonds. The van der Waals surface area contributed by atoms with Gasteiger partial charge in [0.05, 0.1) is 5.69 Å². The molecule has 0 bridgehead atoms. The van der Waals surface area contributed by atoms with Crippen LogP contribution in [0.4, 0.5) is 10.5 Å². The van der Waals surface area contributed by atoms with Crippen molar-refractivity contribution >= 4 is 29.5 Å². The maximum absolute atomic E-state index is 12.2. The Balaban J connectivity index is 1.94. The normalized spacial score (nSPS) is 17.5. The monoisotopic (exact) mass is 303 g/mol. The molecule has 0 aromatic heterocycles. The van der Waals surface area contributed by atoms with Crippen LogP contribution in [0.1, 0.15) is 22.3 Å². The van der Waals surface area contributed by atoms with E-state index in [1.54, 1.807) is 18.2 Å². The zero-order valence-corrected chi connectivity index (χ0v) is 11.5. The fraction of sp³-hybridized carbons (Fsp3) is 0.286. The van der Waals surface area contributed by atoms with Crippen molar-refractivity contribution in [2.24, 2.45) is 0 Å². The molecule has 0 aliphatic carbocycles. The summed E-state index contributed by atoms with van der Waals surface area (Å²) in [4.78, 5) is 48.8. The molecule has 8 heteroatoms. The number of nitrogens with one attached hydrogen (secondary N) is 1. The van der Waals surface area contributed by atoms with Crippen molar-refractivity contribution in [2.45, 2.75) is 13.0 Å². The quantitative estimate of drug-likeness (QED) is 0.828. The van der Waals surface area contributed by atoms with E-state index >= 15 is 0 Å². The van der Waals surface area contributed by atoms with Crippen molar-refractivity contribution in [3.63, 3.8) is 0 Å². The molecule has 1 aromatic carbocycles. The number of carboxylic acids is 1. The molecule has 22 heavy (non-hydrogen) atoms. The van der Waals surface area contributed by atoms with Gasteiger partial charge in [-0.1, -0.05) is 6.07 Å². The first-order valence-electron chi connectivity index (χ1n) is 6.71. The smallest absolute Gasteiger partial charge is 0.328 e. The minimum Gasteiger partial charge on any atom is -0.480 e. The standard InChI is InChI=1S/C14H13N3O5/c18-11-4-5-17(14(22)15-11)10-3-1-2-8-9(10)6-16(13(8)21)7-12(19)20/h1-3H,4-7H2,(H,19,20)(H,15,18,22). The van der Waals surface area contributed by atoms with Gasteiger partial charge in [-0.05, 0) is 12.1 Å². The van der Waals surface area contributed by atoms with E-state index in [2.05, 4.69) is 5.32 Å². The summed E-state index contributed by atoms with van der Waals surface area (Å²) in [5.74, 6) is -1.80. The second-order valence-electron chi connectivity index (χ2n) is 5.11. The van der Waals surface area contributed by atoms with Crippen LogP contribution >= 0.6 is 0 Å². The Morgan fingerprint density at radius 1 is 1.27 bits per heavy atom. The van der Waals surface area contributed by atoms with Crippen molar-refractivity contribution in [1.82, 2.24) is 10.2 Å². The molecule has 0 unspecified atom stereocenters. The van der Waals surface area contributed by atoms with Crippen LogP contribution in [0.25, 0.3) is 0 Å². The molecular formula is C14H13N3O5. The van der Waals surface area contributed by atoms with Crippen LogP contribution in [0, 0.1) is 0 Å². The summed E-state index contributed by atoms with van der Waals surface area (Å²) in [6.07, 6.45) is 0.183. The Labute approximate surface area is 125 Å². The number of fused-ring (bicyclic) bond motifs is 1. The molecule has 1 fully saturated rings.